The van der Waals surface area contributed by atoms with E-state index in [9.17, 15) is 5.11 Å². The fraction of sp³-hybridized carbons (Fsp3) is 0.105. The van der Waals surface area contributed by atoms with E-state index in [1.807, 2.05) is 18.2 Å². The lowest BCUT2D eigenvalue weighted by molar-refractivity contribution is 0.232. The molecule has 1 aliphatic carbocycles. The molecule has 0 spiro atoms. The molecule has 1 aliphatic heterocycles. The van der Waals surface area contributed by atoms with Gasteiger partial charge in [-0.05, 0) is 30.5 Å². The van der Waals surface area contributed by atoms with Crippen molar-refractivity contribution in [2.45, 2.75) is 12.8 Å². The molecule has 1 aromatic carbocycles. The van der Waals surface area contributed by atoms with Gasteiger partial charge in [-0.2, -0.15) is 0 Å². The lowest BCUT2D eigenvalue weighted by atomic mass is 10.0. The van der Waals surface area contributed by atoms with Gasteiger partial charge in [0, 0.05) is 0 Å². The van der Waals surface area contributed by atoms with Gasteiger partial charge >= 0.3 is 6.01 Å². The minimum atomic E-state index is 0.129. The highest BCUT2D eigenvalue weighted by Gasteiger charge is 2.17. The fourth-order valence-corrected chi connectivity index (χ4v) is 2.57. The molecule has 6 nitrogen and oxygen atoms in total. The molecule has 2 aliphatic rings. The number of para-hydroxylation sites is 1. The minimum absolute atomic E-state index is 0.129. The standard InChI is InChI=1S/C19H16N2O4/c22-15-9-5-4-8-14(15)16-10-20-19(25-16)21-18-12-23-11-17(24-18)13-6-2-1-3-7-13/h1-2,4-6,8-12,22H,3,7H2,(H,20,21). The third-order valence-corrected chi connectivity index (χ3v) is 3.81. The summed E-state index contributed by atoms with van der Waals surface area (Å²) < 4.78 is 16.8. The number of hydrogen-bond donors (Lipinski definition) is 2. The first kappa shape index (κ1) is 15.1. The Morgan fingerprint density at radius 1 is 1.16 bits per heavy atom. The van der Waals surface area contributed by atoms with Crippen LogP contribution >= 0.6 is 0 Å². The van der Waals surface area contributed by atoms with Crippen LogP contribution in [-0.4, -0.2) is 10.1 Å². The van der Waals surface area contributed by atoms with Crippen LogP contribution in [0.3, 0.4) is 0 Å². The highest BCUT2D eigenvalue weighted by atomic mass is 16.6. The molecule has 2 aromatic rings. The molecule has 6 heteroatoms. The number of rotatable bonds is 4. The van der Waals surface area contributed by atoms with E-state index in [2.05, 4.69) is 16.4 Å². The van der Waals surface area contributed by atoms with E-state index in [0.29, 0.717) is 23.0 Å². The Labute approximate surface area is 144 Å². The second-order valence-electron chi connectivity index (χ2n) is 5.53. The largest absolute Gasteiger partial charge is 0.507 e. The van der Waals surface area contributed by atoms with Crippen molar-refractivity contribution in [3.05, 3.63) is 78.4 Å². The van der Waals surface area contributed by atoms with Crippen molar-refractivity contribution in [3.8, 4) is 17.1 Å². The van der Waals surface area contributed by atoms with Crippen LogP contribution in [0.4, 0.5) is 6.01 Å². The number of nitrogens with one attached hydrogen (secondary N) is 1. The molecule has 1 aromatic heterocycles. The van der Waals surface area contributed by atoms with Crippen molar-refractivity contribution in [2.24, 2.45) is 0 Å². The quantitative estimate of drug-likeness (QED) is 0.860. The van der Waals surface area contributed by atoms with E-state index in [1.165, 1.54) is 12.5 Å². The highest BCUT2D eigenvalue weighted by Crippen LogP contribution is 2.31. The number of aromatic nitrogens is 1. The minimum Gasteiger partial charge on any atom is -0.507 e. The first-order chi connectivity index (χ1) is 12.3. The average Bonchev–Trinajstić information content (AvgIpc) is 3.11. The van der Waals surface area contributed by atoms with Gasteiger partial charge in [-0.15, -0.1) is 0 Å². The molecule has 25 heavy (non-hydrogen) atoms. The summed E-state index contributed by atoms with van der Waals surface area (Å²) in [6, 6.07) is 7.15. The Hall–Kier alpha value is -3.41. The third-order valence-electron chi connectivity index (χ3n) is 3.81. The summed E-state index contributed by atoms with van der Waals surface area (Å²) >= 11 is 0. The van der Waals surface area contributed by atoms with Crippen molar-refractivity contribution in [3.63, 3.8) is 0 Å². The predicted molar refractivity (Wildman–Crippen MR) is 92.0 cm³/mol. The summed E-state index contributed by atoms with van der Waals surface area (Å²) in [5.41, 5.74) is 1.63. The van der Waals surface area contributed by atoms with E-state index in [0.717, 1.165) is 18.4 Å². The zero-order valence-electron chi connectivity index (χ0n) is 13.3. The van der Waals surface area contributed by atoms with Gasteiger partial charge in [0.1, 0.15) is 12.0 Å². The normalized spacial score (nSPS) is 16.2. The summed E-state index contributed by atoms with van der Waals surface area (Å²) in [7, 11) is 0. The smallest absolute Gasteiger partial charge is 0.302 e. The van der Waals surface area contributed by atoms with Crippen LogP contribution in [0.1, 0.15) is 12.8 Å². The number of anilines is 1. The van der Waals surface area contributed by atoms with Crippen LogP contribution in [0.5, 0.6) is 5.75 Å². The van der Waals surface area contributed by atoms with Crippen LogP contribution in [0.2, 0.25) is 0 Å². The summed E-state index contributed by atoms with van der Waals surface area (Å²) in [5, 5.41) is 12.8. The van der Waals surface area contributed by atoms with Crippen LogP contribution in [0, 0.1) is 0 Å². The number of allylic oxidation sites excluding steroid dienone is 4. The molecule has 0 saturated carbocycles. The van der Waals surface area contributed by atoms with Crippen molar-refractivity contribution in [1.29, 1.82) is 0 Å². The van der Waals surface area contributed by atoms with Crippen molar-refractivity contribution < 1.29 is 19.0 Å². The van der Waals surface area contributed by atoms with Crippen LogP contribution in [-0.2, 0) is 9.47 Å². The number of ether oxygens (including phenoxy) is 2. The monoisotopic (exact) mass is 336 g/mol. The Bertz CT molecular complexity index is 906. The number of hydrogen-bond acceptors (Lipinski definition) is 6. The SMILES string of the molecule is Oc1ccccc1-c1cnc(NC2=COC=C(C3=CC=CCC3)O2)o1. The van der Waals surface area contributed by atoms with Gasteiger partial charge in [-0.25, -0.2) is 4.98 Å². The molecule has 2 N–H and O–H groups in total. The first-order valence-electron chi connectivity index (χ1n) is 7.90. The average molecular weight is 336 g/mol. The molecule has 2 heterocycles. The number of aromatic hydroxyl groups is 1. The molecule has 0 fully saturated rings. The summed E-state index contributed by atoms with van der Waals surface area (Å²) in [4.78, 5) is 4.15. The summed E-state index contributed by atoms with van der Waals surface area (Å²) in [5.74, 6) is 1.61. The maximum absolute atomic E-state index is 9.89. The van der Waals surface area contributed by atoms with Gasteiger partial charge in [0.15, 0.2) is 17.8 Å². The zero-order chi connectivity index (χ0) is 17.1. The van der Waals surface area contributed by atoms with E-state index in [1.54, 1.807) is 24.5 Å². The van der Waals surface area contributed by atoms with Gasteiger partial charge in [0.2, 0.25) is 5.88 Å². The third kappa shape index (κ3) is 3.28. The zero-order valence-corrected chi connectivity index (χ0v) is 13.3. The number of oxazole rings is 1. The number of phenolic OH excluding ortho intramolecular Hbond substituents is 1. The maximum atomic E-state index is 9.89. The summed E-state index contributed by atoms with van der Waals surface area (Å²) in [6.45, 7) is 0. The van der Waals surface area contributed by atoms with Crippen LogP contribution in [0.25, 0.3) is 11.3 Å². The predicted octanol–water partition coefficient (Wildman–Crippen LogP) is 4.42. The Morgan fingerprint density at radius 2 is 2.08 bits per heavy atom. The number of benzene rings is 1. The van der Waals surface area contributed by atoms with E-state index >= 15 is 0 Å². The summed E-state index contributed by atoms with van der Waals surface area (Å²) in [6.07, 6.45) is 12.5. The molecule has 0 saturated heterocycles. The molecule has 0 amide bonds. The van der Waals surface area contributed by atoms with Gasteiger partial charge in [0.05, 0.1) is 11.8 Å². The molecule has 4 rings (SSSR count). The highest BCUT2D eigenvalue weighted by molar-refractivity contribution is 5.65. The van der Waals surface area contributed by atoms with Crippen LogP contribution in [0.15, 0.2) is 82.8 Å². The molecular weight excluding hydrogens is 320 g/mol. The Balaban J connectivity index is 1.46. The van der Waals surface area contributed by atoms with Gasteiger partial charge in [0.25, 0.3) is 0 Å². The fourth-order valence-electron chi connectivity index (χ4n) is 2.57. The number of nitrogens with zero attached hydrogens (tertiary/aromatic N) is 1. The number of phenols is 1. The lowest BCUT2D eigenvalue weighted by Gasteiger charge is -2.19. The molecular formula is C19H16N2O4. The van der Waals surface area contributed by atoms with E-state index in [4.69, 9.17) is 13.9 Å². The first-order valence-corrected chi connectivity index (χ1v) is 7.90. The Morgan fingerprint density at radius 3 is 2.92 bits per heavy atom. The van der Waals surface area contributed by atoms with Crippen molar-refractivity contribution >= 4 is 6.01 Å². The molecule has 126 valence electrons. The van der Waals surface area contributed by atoms with E-state index in [-0.39, 0.29) is 11.8 Å². The lowest BCUT2D eigenvalue weighted by Crippen LogP contribution is -2.10. The van der Waals surface area contributed by atoms with Gasteiger partial charge in [-0.1, -0.05) is 30.4 Å². The van der Waals surface area contributed by atoms with Crippen molar-refractivity contribution in [2.75, 3.05) is 5.32 Å². The molecule has 0 unspecified atom stereocenters. The second kappa shape index (κ2) is 6.60. The second-order valence-corrected chi connectivity index (χ2v) is 5.53. The van der Waals surface area contributed by atoms with Crippen molar-refractivity contribution in [1.82, 2.24) is 4.98 Å². The van der Waals surface area contributed by atoms with Crippen LogP contribution < -0.4 is 5.32 Å². The van der Waals surface area contributed by atoms with Gasteiger partial charge < -0.3 is 19.0 Å². The molecule has 0 bridgehead atoms. The maximum Gasteiger partial charge on any atom is 0.302 e. The topological polar surface area (TPSA) is 76.8 Å². The van der Waals surface area contributed by atoms with E-state index < -0.39 is 0 Å². The van der Waals surface area contributed by atoms with Gasteiger partial charge in [-0.3, -0.25) is 5.32 Å². The molecule has 0 radical (unpaired) electrons. The molecule has 0 atom stereocenters. The Kier molecular flexibility index (Phi) is 4.00.